The first-order valence-corrected chi connectivity index (χ1v) is 15.7. The molecule has 1 aliphatic heterocycles. The Hall–Kier alpha value is -3.49. The van der Waals surface area contributed by atoms with E-state index in [2.05, 4.69) is 15.2 Å². The SMILES string of the molecule is CC.CC.CS(=O)(=O)c1ccc(C(=O)Nc2ccc(-c3cn4ccccc4n3)cc2)c(CN2CCCCC2)c1. The van der Waals surface area contributed by atoms with Gasteiger partial charge in [0.2, 0.25) is 0 Å². The Balaban J connectivity index is 0.00000100. The maximum atomic E-state index is 13.2. The number of benzene rings is 2. The Morgan fingerprint density at radius 2 is 1.62 bits per heavy atom. The van der Waals surface area contributed by atoms with Crippen LogP contribution in [-0.2, 0) is 16.4 Å². The molecule has 39 heavy (non-hydrogen) atoms. The number of amides is 1. The Labute approximate surface area is 232 Å². The predicted molar refractivity (Wildman–Crippen MR) is 160 cm³/mol. The number of rotatable bonds is 6. The molecule has 208 valence electrons. The first kappa shape index (κ1) is 30.1. The number of hydrogen-bond acceptors (Lipinski definition) is 5. The lowest BCUT2D eigenvalue weighted by Gasteiger charge is -2.27. The summed E-state index contributed by atoms with van der Waals surface area (Å²) >= 11 is 0. The van der Waals surface area contributed by atoms with Gasteiger partial charge in [-0.05, 0) is 74.0 Å². The van der Waals surface area contributed by atoms with E-state index in [-0.39, 0.29) is 10.8 Å². The van der Waals surface area contributed by atoms with Crippen LogP contribution in [0.5, 0.6) is 0 Å². The lowest BCUT2D eigenvalue weighted by molar-refractivity contribution is 0.102. The van der Waals surface area contributed by atoms with Crippen molar-refractivity contribution in [3.8, 4) is 11.3 Å². The minimum atomic E-state index is -3.37. The second-order valence-electron chi connectivity index (χ2n) is 9.05. The van der Waals surface area contributed by atoms with Crippen molar-refractivity contribution in [3.63, 3.8) is 0 Å². The fourth-order valence-corrected chi connectivity index (χ4v) is 5.18. The maximum Gasteiger partial charge on any atom is 0.255 e. The van der Waals surface area contributed by atoms with Gasteiger partial charge in [-0.1, -0.05) is 52.3 Å². The number of carbonyl (C=O) groups excluding carboxylic acids is 1. The number of sulfone groups is 1. The summed E-state index contributed by atoms with van der Waals surface area (Å²) < 4.78 is 26.2. The van der Waals surface area contributed by atoms with E-state index in [0.717, 1.165) is 48.4 Å². The van der Waals surface area contributed by atoms with E-state index >= 15 is 0 Å². The molecule has 2 aromatic carbocycles. The topological polar surface area (TPSA) is 83.8 Å². The van der Waals surface area contributed by atoms with Gasteiger partial charge in [-0.15, -0.1) is 0 Å². The number of nitrogens with zero attached hydrogens (tertiary/aromatic N) is 3. The molecule has 0 spiro atoms. The summed E-state index contributed by atoms with van der Waals surface area (Å²) in [6.45, 7) is 10.5. The summed E-state index contributed by atoms with van der Waals surface area (Å²) in [7, 11) is -3.37. The number of aromatic nitrogens is 2. The van der Waals surface area contributed by atoms with E-state index in [1.54, 1.807) is 12.1 Å². The number of fused-ring (bicyclic) bond motifs is 1. The van der Waals surface area contributed by atoms with Crippen LogP contribution >= 0.6 is 0 Å². The second-order valence-corrected chi connectivity index (χ2v) is 11.1. The van der Waals surface area contributed by atoms with E-state index in [0.29, 0.717) is 17.8 Å². The third kappa shape index (κ3) is 7.77. The number of carbonyl (C=O) groups is 1. The van der Waals surface area contributed by atoms with Crippen LogP contribution in [0.2, 0.25) is 0 Å². The molecule has 8 heteroatoms. The third-order valence-electron chi connectivity index (χ3n) is 6.39. The summed E-state index contributed by atoms with van der Waals surface area (Å²) in [6, 6.07) is 18.2. The summed E-state index contributed by atoms with van der Waals surface area (Å²) in [6.07, 6.45) is 8.56. The molecule has 2 aromatic heterocycles. The molecule has 1 amide bonds. The highest BCUT2D eigenvalue weighted by molar-refractivity contribution is 7.90. The summed E-state index contributed by atoms with van der Waals surface area (Å²) in [5.41, 5.74) is 4.57. The predicted octanol–water partition coefficient (Wildman–Crippen LogP) is 6.70. The standard InChI is InChI=1S/C27H28N4O3S.2C2H6/c1-35(33,34)23-12-13-24(21(17-23)18-30-14-4-2-5-15-30)27(32)28-22-10-8-20(9-11-22)25-19-31-16-6-3-7-26(31)29-25;2*1-2/h3,6-13,16-17,19H,2,4-5,14-15,18H2,1H3,(H,28,32);2*1-2H3. The van der Waals surface area contributed by atoms with Crippen LogP contribution in [0.15, 0.2) is 78.0 Å². The average molecular weight is 549 g/mol. The van der Waals surface area contributed by atoms with E-state index in [4.69, 9.17) is 0 Å². The smallest absolute Gasteiger partial charge is 0.255 e. The van der Waals surface area contributed by atoms with E-state index < -0.39 is 9.84 Å². The maximum absolute atomic E-state index is 13.2. The van der Waals surface area contributed by atoms with E-state index in [1.807, 2.05) is 87.0 Å². The molecule has 1 fully saturated rings. The van der Waals surface area contributed by atoms with Crippen molar-refractivity contribution in [3.05, 3.63) is 84.2 Å². The number of anilines is 1. The van der Waals surface area contributed by atoms with Crippen LogP contribution in [-0.4, -0.2) is 48.0 Å². The summed E-state index contributed by atoms with van der Waals surface area (Å²) in [5, 5.41) is 2.97. The molecule has 0 saturated carbocycles. The summed E-state index contributed by atoms with van der Waals surface area (Å²) in [5.74, 6) is -0.252. The van der Waals surface area contributed by atoms with E-state index in [9.17, 15) is 13.2 Å². The summed E-state index contributed by atoms with van der Waals surface area (Å²) in [4.78, 5) is 20.4. The molecule has 3 heterocycles. The van der Waals surface area contributed by atoms with Gasteiger partial charge in [-0.3, -0.25) is 9.69 Å². The van der Waals surface area contributed by atoms with Gasteiger partial charge in [0.15, 0.2) is 9.84 Å². The highest BCUT2D eigenvalue weighted by Crippen LogP contribution is 2.24. The van der Waals surface area contributed by atoms with Crippen molar-refractivity contribution in [1.82, 2.24) is 14.3 Å². The first-order chi connectivity index (χ1) is 18.9. The monoisotopic (exact) mass is 548 g/mol. The molecule has 5 rings (SSSR count). The van der Waals surface area contributed by atoms with Crippen LogP contribution < -0.4 is 5.32 Å². The highest BCUT2D eigenvalue weighted by Gasteiger charge is 2.19. The van der Waals surface area contributed by atoms with Crippen LogP contribution in [0.25, 0.3) is 16.9 Å². The number of hydrogen-bond donors (Lipinski definition) is 1. The largest absolute Gasteiger partial charge is 0.322 e. The Morgan fingerprint density at radius 1 is 0.923 bits per heavy atom. The molecule has 1 N–H and O–H groups in total. The third-order valence-corrected chi connectivity index (χ3v) is 7.50. The van der Waals surface area contributed by atoms with Crippen LogP contribution in [0.4, 0.5) is 5.69 Å². The van der Waals surface area contributed by atoms with Gasteiger partial charge in [-0.2, -0.15) is 0 Å². The number of imidazole rings is 1. The Morgan fingerprint density at radius 3 is 2.26 bits per heavy atom. The molecule has 0 radical (unpaired) electrons. The van der Waals surface area contributed by atoms with Gasteiger partial charge < -0.3 is 9.72 Å². The fraction of sp³-hybridized carbons (Fsp3) is 0.355. The molecule has 0 atom stereocenters. The molecule has 0 bridgehead atoms. The minimum absolute atomic E-state index is 0.234. The highest BCUT2D eigenvalue weighted by atomic mass is 32.2. The van der Waals surface area contributed by atoms with Crippen molar-refractivity contribution >= 4 is 27.1 Å². The van der Waals surface area contributed by atoms with Crippen LogP contribution in [0.1, 0.15) is 62.9 Å². The molecular weight excluding hydrogens is 508 g/mol. The first-order valence-electron chi connectivity index (χ1n) is 13.8. The molecular formula is C31H40N4O3S. The van der Waals surface area contributed by atoms with Gasteiger partial charge in [0, 0.05) is 42.0 Å². The molecule has 4 aromatic rings. The van der Waals surface area contributed by atoms with Gasteiger partial charge in [0.05, 0.1) is 10.6 Å². The fourth-order valence-electron chi connectivity index (χ4n) is 4.51. The van der Waals surface area contributed by atoms with Crippen molar-refractivity contribution in [2.75, 3.05) is 24.7 Å². The zero-order chi connectivity index (χ0) is 28.4. The van der Waals surface area contributed by atoms with Crippen molar-refractivity contribution in [2.24, 2.45) is 0 Å². The quantitative estimate of drug-likeness (QED) is 0.290. The van der Waals surface area contributed by atoms with Gasteiger partial charge in [-0.25, -0.2) is 13.4 Å². The molecule has 7 nitrogen and oxygen atoms in total. The van der Waals surface area contributed by atoms with Gasteiger partial charge >= 0.3 is 0 Å². The molecule has 0 unspecified atom stereocenters. The number of pyridine rings is 1. The van der Waals surface area contributed by atoms with Gasteiger partial charge in [0.1, 0.15) is 5.65 Å². The van der Waals surface area contributed by atoms with Crippen molar-refractivity contribution < 1.29 is 13.2 Å². The number of nitrogens with one attached hydrogen (secondary N) is 1. The second kappa shape index (κ2) is 14.1. The van der Waals surface area contributed by atoms with Crippen LogP contribution in [0.3, 0.4) is 0 Å². The van der Waals surface area contributed by atoms with Crippen molar-refractivity contribution in [2.45, 2.75) is 58.4 Å². The van der Waals surface area contributed by atoms with Crippen molar-refractivity contribution in [1.29, 1.82) is 0 Å². The average Bonchev–Trinajstić information content (AvgIpc) is 3.40. The lowest BCUT2D eigenvalue weighted by Crippen LogP contribution is -2.30. The Bertz CT molecular complexity index is 1440. The molecule has 0 aliphatic carbocycles. The zero-order valence-electron chi connectivity index (χ0n) is 23.6. The lowest BCUT2D eigenvalue weighted by atomic mass is 10.0. The minimum Gasteiger partial charge on any atom is -0.322 e. The van der Waals surface area contributed by atoms with Crippen LogP contribution in [0, 0.1) is 0 Å². The van der Waals surface area contributed by atoms with E-state index in [1.165, 1.54) is 18.7 Å². The molecule has 1 aliphatic rings. The number of likely N-dealkylation sites (tertiary alicyclic amines) is 1. The molecule has 1 saturated heterocycles. The van der Waals surface area contributed by atoms with Gasteiger partial charge in [0.25, 0.3) is 5.91 Å². The Kier molecular flexibility index (Phi) is 10.8. The normalized spacial score (nSPS) is 13.6. The zero-order valence-corrected chi connectivity index (χ0v) is 24.5. The number of piperidine rings is 1.